The fourth-order valence-electron chi connectivity index (χ4n) is 4.00. The average Bonchev–Trinajstić information content (AvgIpc) is 3.37. The molecular weight excluding hydrogens is 350 g/mol. The van der Waals surface area contributed by atoms with Crippen molar-refractivity contribution in [2.24, 2.45) is 5.92 Å². The number of aromatic nitrogens is 2. The number of carbonyl (C=O) groups is 1. The molecule has 1 aliphatic carbocycles. The summed E-state index contributed by atoms with van der Waals surface area (Å²) in [6.07, 6.45) is 4.23. The first-order valence-electron chi connectivity index (χ1n) is 10.0. The van der Waals surface area contributed by atoms with E-state index in [9.17, 15) is 4.79 Å². The smallest absolute Gasteiger partial charge is 0.228 e. The van der Waals surface area contributed by atoms with Gasteiger partial charge in [-0.2, -0.15) is 5.10 Å². The molecule has 0 aliphatic heterocycles. The van der Waals surface area contributed by atoms with Gasteiger partial charge >= 0.3 is 0 Å². The normalized spacial score (nSPS) is 14.7. The van der Waals surface area contributed by atoms with Crippen LogP contribution in [0.2, 0.25) is 0 Å². The zero-order valence-electron chi connectivity index (χ0n) is 16.7. The molecule has 1 amide bonds. The van der Waals surface area contributed by atoms with Crippen molar-refractivity contribution >= 4 is 22.6 Å². The van der Waals surface area contributed by atoms with E-state index < -0.39 is 0 Å². The van der Waals surface area contributed by atoms with Crippen molar-refractivity contribution in [1.82, 2.24) is 10.2 Å². The molecule has 0 radical (unpaired) electrons. The summed E-state index contributed by atoms with van der Waals surface area (Å²) in [7, 11) is 1.69. The minimum absolute atomic E-state index is 0.0845. The van der Waals surface area contributed by atoms with Gasteiger partial charge in [0, 0.05) is 16.9 Å². The highest BCUT2D eigenvalue weighted by molar-refractivity contribution is 6.01. The number of ether oxygens (including phenoxy) is 1. The Morgan fingerprint density at radius 2 is 1.96 bits per heavy atom. The summed E-state index contributed by atoms with van der Waals surface area (Å²) in [4.78, 5) is 12.4. The van der Waals surface area contributed by atoms with Gasteiger partial charge < -0.3 is 10.1 Å². The van der Waals surface area contributed by atoms with E-state index in [-0.39, 0.29) is 11.8 Å². The molecule has 5 heteroatoms. The number of amides is 1. The van der Waals surface area contributed by atoms with Gasteiger partial charge in [0.1, 0.15) is 5.75 Å². The standard InChI is InChI=1S/C23H27N3O2/c1-14(2)16-9-11-21(28-3)19(12-16)17-8-10-18-20(13-17)25-26-22(18)24-23(27)15-6-4-5-7-15/h8-15H,4-7H2,1-3H3,(H2,24,25,26,27). The van der Waals surface area contributed by atoms with E-state index in [0.717, 1.165) is 53.5 Å². The molecule has 3 aromatic rings. The summed E-state index contributed by atoms with van der Waals surface area (Å²) in [6.45, 7) is 4.37. The Morgan fingerprint density at radius 3 is 2.68 bits per heavy atom. The second kappa shape index (κ2) is 7.66. The van der Waals surface area contributed by atoms with Gasteiger partial charge in [-0.1, -0.05) is 38.8 Å². The Bertz CT molecular complexity index is 1000. The lowest BCUT2D eigenvalue weighted by molar-refractivity contribution is -0.119. The monoisotopic (exact) mass is 377 g/mol. The van der Waals surface area contributed by atoms with E-state index in [1.165, 1.54) is 5.56 Å². The van der Waals surface area contributed by atoms with Crippen LogP contribution in [-0.2, 0) is 4.79 Å². The molecule has 1 saturated carbocycles. The third-order valence-corrected chi connectivity index (χ3v) is 5.73. The topological polar surface area (TPSA) is 67.0 Å². The van der Waals surface area contributed by atoms with E-state index in [1.54, 1.807) is 7.11 Å². The minimum atomic E-state index is 0.0845. The molecule has 1 fully saturated rings. The highest BCUT2D eigenvalue weighted by atomic mass is 16.5. The van der Waals surface area contributed by atoms with Gasteiger partial charge in [0.15, 0.2) is 5.82 Å². The molecule has 1 heterocycles. The molecule has 0 saturated heterocycles. The van der Waals surface area contributed by atoms with Crippen LogP contribution in [0.1, 0.15) is 51.0 Å². The number of nitrogens with one attached hydrogen (secondary N) is 2. The van der Waals surface area contributed by atoms with Crippen molar-refractivity contribution in [3.8, 4) is 16.9 Å². The van der Waals surface area contributed by atoms with Crippen molar-refractivity contribution in [1.29, 1.82) is 0 Å². The number of aromatic amines is 1. The number of carbonyl (C=O) groups excluding carboxylic acids is 1. The van der Waals surface area contributed by atoms with Crippen molar-refractivity contribution in [2.45, 2.75) is 45.4 Å². The van der Waals surface area contributed by atoms with Crippen LogP contribution < -0.4 is 10.1 Å². The molecule has 5 nitrogen and oxygen atoms in total. The summed E-state index contributed by atoms with van der Waals surface area (Å²) >= 11 is 0. The Labute approximate surface area is 165 Å². The van der Waals surface area contributed by atoms with Gasteiger partial charge in [0.05, 0.1) is 12.6 Å². The first kappa shape index (κ1) is 18.5. The zero-order chi connectivity index (χ0) is 19.7. The van der Waals surface area contributed by atoms with Gasteiger partial charge in [-0.15, -0.1) is 0 Å². The van der Waals surface area contributed by atoms with Gasteiger partial charge in [-0.05, 0) is 54.2 Å². The number of hydrogen-bond acceptors (Lipinski definition) is 3. The third kappa shape index (κ3) is 3.49. The predicted molar refractivity (Wildman–Crippen MR) is 113 cm³/mol. The molecule has 0 unspecified atom stereocenters. The molecular formula is C23H27N3O2. The number of methoxy groups -OCH3 is 1. The van der Waals surface area contributed by atoms with Crippen molar-refractivity contribution in [3.63, 3.8) is 0 Å². The number of anilines is 1. The average molecular weight is 377 g/mol. The fraction of sp³-hybridized carbons (Fsp3) is 0.391. The second-order valence-electron chi connectivity index (χ2n) is 7.92. The lowest BCUT2D eigenvalue weighted by atomic mass is 9.96. The summed E-state index contributed by atoms with van der Waals surface area (Å²) in [5.41, 5.74) is 4.28. The molecule has 146 valence electrons. The quantitative estimate of drug-likeness (QED) is 0.618. The van der Waals surface area contributed by atoms with E-state index in [4.69, 9.17) is 4.74 Å². The van der Waals surface area contributed by atoms with Crippen molar-refractivity contribution < 1.29 is 9.53 Å². The Balaban J connectivity index is 1.66. The van der Waals surface area contributed by atoms with Crippen LogP contribution in [0.25, 0.3) is 22.0 Å². The number of rotatable bonds is 5. The Kier molecular flexibility index (Phi) is 5.07. The molecule has 28 heavy (non-hydrogen) atoms. The van der Waals surface area contributed by atoms with Crippen LogP contribution in [0.15, 0.2) is 36.4 Å². The van der Waals surface area contributed by atoms with Crippen molar-refractivity contribution in [2.75, 3.05) is 12.4 Å². The van der Waals surface area contributed by atoms with Gasteiger partial charge in [-0.25, -0.2) is 0 Å². The summed E-state index contributed by atoms with van der Waals surface area (Å²) in [6, 6.07) is 12.5. The highest BCUT2D eigenvalue weighted by Crippen LogP contribution is 2.35. The molecule has 0 bridgehead atoms. The van der Waals surface area contributed by atoms with E-state index in [0.29, 0.717) is 11.7 Å². The fourth-order valence-corrected chi connectivity index (χ4v) is 4.00. The van der Waals surface area contributed by atoms with Gasteiger partial charge in [-0.3, -0.25) is 9.89 Å². The summed E-state index contributed by atoms with van der Waals surface area (Å²) < 4.78 is 5.58. The third-order valence-electron chi connectivity index (χ3n) is 5.73. The van der Waals surface area contributed by atoms with E-state index in [2.05, 4.69) is 53.6 Å². The molecule has 0 spiro atoms. The Hall–Kier alpha value is -2.82. The number of nitrogens with zero attached hydrogens (tertiary/aromatic N) is 1. The van der Waals surface area contributed by atoms with Crippen molar-refractivity contribution in [3.05, 3.63) is 42.0 Å². The first-order valence-corrected chi connectivity index (χ1v) is 10.0. The first-order chi connectivity index (χ1) is 13.6. The SMILES string of the molecule is COc1ccc(C(C)C)cc1-c1ccc2c(NC(=O)C3CCCC3)n[nH]c2c1. The maximum Gasteiger partial charge on any atom is 0.228 e. The summed E-state index contributed by atoms with van der Waals surface area (Å²) in [5, 5.41) is 11.3. The predicted octanol–water partition coefficient (Wildman–Crippen LogP) is 5.49. The zero-order valence-corrected chi connectivity index (χ0v) is 16.7. The highest BCUT2D eigenvalue weighted by Gasteiger charge is 2.23. The van der Waals surface area contributed by atoms with Crippen LogP contribution in [0.4, 0.5) is 5.82 Å². The lowest BCUT2D eigenvalue weighted by Crippen LogP contribution is -2.20. The van der Waals surface area contributed by atoms with Crippen LogP contribution in [0, 0.1) is 5.92 Å². The number of H-pyrrole nitrogens is 1. The van der Waals surface area contributed by atoms with E-state index >= 15 is 0 Å². The van der Waals surface area contributed by atoms with Crippen LogP contribution in [0.5, 0.6) is 5.75 Å². The Morgan fingerprint density at radius 1 is 1.18 bits per heavy atom. The van der Waals surface area contributed by atoms with Crippen LogP contribution in [-0.4, -0.2) is 23.2 Å². The second-order valence-corrected chi connectivity index (χ2v) is 7.92. The minimum Gasteiger partial charge on any atom is -0.496 e. The molecule has 4 rings (SSSR count). The maximum atomic E-state index is 12.4. The molecule has 2 aromatic carbocycles. The maximum absolute atomic E-state index is 12.4. The van der Waals surface area contributed by atoms with Crippen LogP contribution in [0.3, 0.4) is 0 Å². The van der Waals surface area contributed by atoms with Gasteiger partial charge in [0.25, 0.3) is 0 Å². The van der Waals surface area contributed by atoms with Gasteiger partial charge in [0.2, 0.25) is 5.91 Å². The largest absolute Gasteiger partial charge is 0.496 e. The number of fused-ring (bicyclic) bond motifs is 1. The van der Waals surface area contributed by atoms with E-state index in [1.807, 2.05) is 12.1 Å². The molecule has 1 aliphatic rings. The molecule has 1 aromatic heterocycles. The number of benzene rings is 2. The van der Waals surface area contributed by atoms with Crippen LogP contribution >= 0.6 is 0 Å². The molecule has 0 atom stereocenters. The number of hydrogen-bond donors (Lipinski definition) is 2. The lowest BCUT2D eigenvalue weighted by Gasteiger charge is -2.13. The molecule has 2 N–H and O–H groups in total. The summed E-state index contributed by atoms with van der Waals surface area (Å²) in [5.74, 6) is 2.10.